The molecule has 1 atom stereocenters. The Hall–Kier alpha value is -0.620. The van der Waals surface area contributed by atoms with Crippen molar-refractivity contribution in [1.82, 2.24) is 20.2 Å². The summed E-state index contributed by atoms with van der Waals surface area (Å²) < 4.78 is 1.80. The molecule has 0 spiro atoms. The Labute approximate surface area is 82.1 Å². The highest BCUT2D eigenvalue weighted by atomic mass is 32.2. The highest BCUT2D eigenvalue weighted by molar-refractivity contribution is 7.98. The minimum absolute atomic E-state index is 0.334. The van der Waals surface area contributed by atoms with Crippen LogP contribution in [0.4, 0.5) is 0 Å². The van der Waals surface area contributed by atoms with Crippen LogP contribution in [0, 0.1) is 0 Å². The average molecular weight is 201 g/mol. The zero-order valence-corrected chi connectivity index (χ0v) is 8.79. The molecule has 1 unspecified atom stereocenters. The lowest BCUT2D eigenvalue weighted by Gasteiger charge is -2.11. The summed E-state index contributed by atoms with van der Waals surface area (Å²) in [6, 6.07) is 0.334. The van der Waals surface area contributed by atoms with E-state index in [0.29, 0.717) is 12.6 Å². The van der Waals surface area contributed by atoms with E-state index in [4.69, 9.17) is 5.73 Å². The third-order valence-corrected chi connectivity index (χ3v) is 2.54. The van der Waals surface area contributed by atoms with E-state index in [1.165, 1.54) is 0 Å². The number of hydrogen-bond donors (Lipinski definition) is 1. The molecule has 0 aromatic carbocycles. The van der Waals surface area contributed by atoms with Crippen molar-refractivity contribution < 1.29 is 0 Å². The van der Waals surface area contributed by atoms with Crippen LogP contribution >= 0.6 is 11.8 Å². The molecule has 0 radical (unpaired) electrons. The molecule has 0 saturated heterocycles. The Kier molecular flexibility index (Phi) is 4.17. The summed E-state index contributed by atoms with van der Waals surface area (Å²) in [5.74, 6) is 1.87. The smallest absolute Gasteiger partial charge is 0.165 e. The zero-order chi connectivity index (χ0) is 9.68. The van der Waals surface area contributed by atoms with E-state index in [2.05, 4.69) is 28.7 Å². The van der Waals surface area contributed by atoms with Gasteiger partial charge >= 0.3 is 0 Å². The molecular formula is C7H15N5S. The first kappa shape index (κ1) is 10.5. The summed E-state index contributed by atoms with van der Waals surface area (Å²) in [6.07, 6.45) is 3.16. The van der Waals surface area contributed by atoms with Gasteiger partial charge in [0.25, 0.3) is 0 Å². The molecule has 74 valence electrons. The Morgan fingerprint density at radius 1 is 1.62 bits per heavy atom. The average Bonchev–Trinajstić information content (AvgIpc) is 2.61. The number of thioether (sulfide) groups is 1. The molecule has 5 nitrogen and oxygen atoms in total. The van der Waals surface area contributed by atoms with Crippen molar-refractivity contribution in [2.45, 2.75) is 25.9 Å². The summed E-state index contributed by atoms with van der Waals surface area (Å²) in [7, 11) is 0. The molecule has 0 amide bonds. The molecule has 0 fully saturated rings. The Morgan fingerprint density at radius 2 is 2.38 bits per heavy atom. The molecule has 1 heterocycles. The van der Waals surface area contributed by atoms with Gasteiger partial charge < -0.3 is 5.73 Å². The number of rotatable bonds is 5. The van der Waals surface area contributed by atoms with E-state index in [1.54, 1.807) is 4.68 Å². The van der Waals surface area contributed by atoms with Crippen molar-refractivity contribution in [3.63, 3.8) is 0 Å². The van der Waals surface area contributed by atoms with Crippen molar-refractivity contribution in [1.29, 1.82) is 0 Å². The third-order valence-electron chi connectivity index (χ3n) is 1.90. The van der Waals surface area contributed by atoms with Gasteiger partial charge in [-0.15, -0.1) is 5.10 Å². The zero-order valence-electron chi connectivity index (χ0n) is 7.97. The quantitative estimate of drug-likeness (QED) is 0.749. The number of aromatic nitrogens is 4. The van der Waals surface area contributed by atoms with E-state index < -0.39 is 0 Å². The van der Waals surface area contributed by atoms with Gasteiger partial charge in [0.15, 0.2) is 5.82 Å². The van der Waals surface area contributed by atoms with Crippen molar-refractivity contribution in [3.05, 3.63) is 5.82 Å². The van der Waals surface area contributed by atoms with Gasteiger partial charge in [0.2, 0.25) is 0 Å². The molecule has 0 aliphatic rings. The van der Waals surface area contributed by atoms with Gasteiger partial charge in [0.1, 0.15) is 0 Å². The first-order valence-electron chi connectivity index (χ1n) is 4.25. The summed E-state index contributed by atoms with van der Waals surface area (Å²) >= 11 is 1.83. The van der Waals surface area contributed by atoms with Crippen LogP contribution in [0.2, 0.25) is 0 Å². The lowest BCUT2D eigenvalue weighted by Crippen LogP contribution is -2.14. The predicted molar refractivity (Wildman–Crippen MR) is 53.4 cm³/mol. The highest BCUT2D eigenvalue weighted by Gasteiger charge is 2.10. The summed E-state index contributed by atoms with van der Waals surface area (Å²) in [5, 5.41) is 11.3. The number of hydrogen-bond acceptors (Lipinski definition) is 5. The van der Waals surface area contributed by atoms with Crippen molar-refractivity contribution in [2.75, 3.05) is 12.0 Å². The van der Waals surface area contributed by atoms with E-state index in [0.717, 1.165) is 18.0 Å². The maximum Gasteiger partial charge on any atom is 0.165 e. The number of tetrazole rings is 1. The first-order valence-corrected chi connectivity index (χ1v) is 5.64. The second kappa shape index (κ2) is 5.18. The Morgan fingerprint density at radius 3 is 3.00 bits per heavy atom. The molecule has 1 rings (SSSR count). The topological polar surface area (TPSA) is 69.6 Å². The molecule has 2 N–H and O–H groups in total. The van der Waals surface area contributed by atoms with Crippen LogP contribution in [0.5, 0.6) is 0 Å². The minimum atomic E-state index is 0.334. The fraction of sp³-hybridized carbons (Fsp3) is 0.857. The van der Waals surface area contributed by atoms with Crippen LogP contribution in [0.25, 0.3) is 0 Å². The van der Waals surface area contributed by atoms with Gasteiger partial charge in [-0.2, -0.15) is 11.8 Å². The summed E-state index contributed by atoms with van der Waals surface area (Å²) in [4.78, 5) is 0. The monoisotopic (exact) mass is 201 g/mol. The van der Waals surface area contributed by atoms with Crippen LogP contribution in [-0.4, -0.2) is 32.2 Å². The standard InChI is InChI=1S/C7H15N5S/c1-6(3-4-13-2)12-7(5-8)9-10-11-12/h6H,3-5,8H2,1-2H3. The fourth-order valence-corrected chi connectivity index (χ4v) is 1.68. The molecule has 13 heavy (non-hydrogen) atoms. The molecule has 1 aromatic heterocycles. The van der Waals surface area contributed by atoms with E-state index in [9.17, 15) is 0 Å². The van der Waals surface area contributed by atoms with Crippen molar-refractivity contribution in [3.8, 4) is 0 Å². The second-order valence-electron chi connectivity index (χ2n) is 2.87. The van der Waals surface area contributed by atoms with Gasteiger partial charge in [-0.1, -0.05) is 0 Å². The van der Waals surface area contributed by atoms with Crippen molar-refractivity contribution in [2.24, 2.45) is 5.73 Å². The van der Waals surface area contributed by atoms with Gasteiger partial charge in [0.05, 0.1) is 12.6 Å². The van der Waals surface area contributed by atoms with Gasteiger partial charge in [0, 0.05) is 0 Å². The lowest BCUT2D eigenvalue weighted by molar-refractivity contribution is 0.451. The summed E-state index contributed by atoms with van der Waals surface area (Å²) in [5.41, 5.74) is 5.49. The number of nitrogens with two attached hydrogens (primary N) is 1. The fourth-order valence-electron chi connectivity index (χ4n) is 1.10. The van der Waals surface area contributed by atoms with Crippen LogP contribution in [0.3, 0.4) is 0 Å². The van der Waals surface area contributed by atoms with Crippen LogP contribution in [-0.2, 0) is 6.54 Å². The third kappa shape index (κ3) is 2.67. The summed E-state index contributed by atoms with van der Waals surface area (Å²) in [6.45, 7) is 2.50. The molecule has 0 bridgehead atoms. The first-order chi connectivity index (χ1) is 6.29. The number of nitrogens with zero attached hydrogens (tertiary/aromatic N) is 4. The Balaban J connectivity index is 2.59. The predicted octanol–water partition coefficient (Wildman–Crippen LogP) is 0.446. The van der Waals surface area contributed by atoms with Gasteiger partial charge in [-0.3, -0.25) is 0 Å². The molecular weight excluding hydrogens is 186 g/mol. The molecule has 1 aromatic rings. The highest BCUT2D eigenvalue weighted by Crippen LogP contribution is 2.12. The van der Waals surface area contributed by atoms with E-state index in [-0.39, 0.29) is 0 Å². The van der Waals surface area contributed by atoms with Crippen LogP contribution in [0.15, 0.2) is 0 Å². The van der Waals surface area contributed by atoms with Crippen LogP contribution < -0.4 is 5.73 Å². The van der Waals surface area contributed by atoms with E-state index >= 15 is 0 Å². The molecule has 0 saturated carbocycles. The maximum atomic E-state index is 5.49. The normalized spacial score (nSPS) is 13.2. The Bertz CT molecular complexity index is 249. The van der Waals surface area contributed by atoms with Gasteiger partial charge in [-0.05, 0) is 35.8 Å². The second-order valence-corrected chi connectivity index (χ2v) is 3.86. The largest absolute Gasteiger partial charge is 0.324 e. The van der Waals surface area contributed by atoms with Gasteiger partial charge in [-0.25, -0.2) is 4.68 Å². The molecule has 6 heteroatoms. The minimum Gasteiger partial charge on any atom is -0.324 e. The van der Waals surface area contributed by atoms with Crippen molar-refractivity contribution >= 4 is 11.8 Å². The van der Waals surface area contributed by atoms with Crippen LogP contribution in [0.1, 0.15) is 25.2 Å². The lowest BCUT2D eigenvalue weighted by atomic mass is 10.2. The molecule has 0 aliphatic heterocycles. The maximum absolute atomic E-state index is 5.49. The molecule has 0 aliphatic carbocycles. The SMILES string of the molecule is CSCCC(C)n1nnnc1CN. The van der Waals surface area contributed by atoms with E-state index in [1.807, 2.05) is 11.8 Å².